The van der Waals surface area contributed by atoms with E-state index in [4.69, 9.17) is 5.73 Å². The zero-order valence-corrected chi connectivity index (χ0v) is 11.4. The van der Waals surface area contributed by atoms with Crippen LogP contribution in [0, 0.1) is 20.8 Å². The molecule has 0 amide bonds. The molecule has 0 saturated carbocycles. The van der Waals surface area contributed by atoms with Gasteiger partial charge in [0.05, 0.1) is 16.1 Å². The lowest BCUT2D eigenvalue weighted by Gasteiger charge is -1.97. The number of hydrogen-bond donors (Lipinski definition) is 2. The third kappa shape index (κ3) is 1.59. The third-order valence-corrected chi connectivity index (χ3v) is 4.16. The van der Waals surface area contributed by atoms with E-state index >= 15 is 0 Å². The van der Waals surface area contributed by atoms with Gasteiger partial charge in [0.15, 0.2) is 5.65 Å². The lowest BCUT2D eigenvalue weighted by molar-refractivity contribution is 1.27. The van der Waals surface area contributed by atoms with Crippen LogP contribution >= 0.6 is 11.3 Å². The summed E-state index contributed by atoms with van der Waals surface area (Å²) < 4.78 is 0. The Hall–Kier alpha value is -1.88. The number of imidazole rings is 1. The molecule has 0 aromatic carbocycles. The number of pyridine rings is 1. The Balaban J connectivity index is 2.25. The van der Waals surface area contributed by atoms with Crippen molar-refractivity contribution in [2.24, 2.45) is 0 Å². The SMILES string of the molecule is Cc1cnc2nc(-c3c(N)sc(C)c3C)[nH]c2c1. The lowest BCUT2D eigenvalue weighted by Crippen LogP contribution is -1.87. The maximum absolute atomic E-state index is 6.06. The van der Waals surface area contributed by atoms with Gasteiger partial charge in [0.2, 0.25) is 0 Å². The van der Waals surface area contributed by atoms with Crippen LogP contribution in [0.2, 0.25) is 0 Å². The largest absolute Gasteiger partial charge is 0.390 e. The van der Waals surface area contributed by atoms with Crippen molar-refractivity contribution in [2.75, 3.05) is 5.73 Å². The van der Waals surface area contributed by atoms with Crippen LogP contribution in [-0.4, -0.2) is 15.0 Å². The van der Waals surface area contributed by atoms with E-state index in [1.54, 1.807) is 11.3 Å². The van der Waals surface area contributed by atoms with Gasteiger partial charge in [0.25, 0.3) is 0 Å². The molecule has 3 heterocycles. The monoisotopic (exact) mass is 258 g/mol. The molecular formula is C13H14N4S. The topological polar surface area (TPSA) is 67.6 Å². The molecule has 0 unspecified atom stereocenters. The number of anilines is 1. The highest BCUT2D eigenvalue weighted by atomic mass is 32.1. The van der Waals surface area contributed by atoms with Crippen molar-refractivity contribution in [1.82, 2.24) is 15.0 Å². The first-order chi connectivity index (χ1) is 8.56. The number of nitrogens with two attached hydrogens (primary N) is 1. The van der Waals surface area contributed by atoms with Crippen LogP contribution in [0.5, 0.6) is 0 Å². The molecule has 3 N–H and O–H groups in total. The molecule has 3 aromatic rings. The molecule has 18 heavy (non-hydrogen) atoms. The first-order valence-electron chi connectivity index (χ1n) is 5.74. The highest BCUT2D eigenvalue weighted by molar-refractivity contribution is 7.16. The van der Waals surface area contributed by atoms with Gasteiger partial charge in [-0.15, -0.1) is 11.3 Å². The van der Waals surface area contributed by atoms with Crippen LogP contribution in [0.25, 0.3) is 22.6 Å². The van der Waals surface area contributed by atoms with Crippen molar-refractivity contribution in [3.63, 3.8) is 0 Å². The predicted molar refractivity (Wildman–Crippen MR) is 75.8 cm³/mol. The smallest absolute Gasteiger partial charge is 0.178 e. The Kier molecular flexibility index (Phi) is 2.38. The molecule has 0 aliphatic heterocycles. The Morgan fingerprint density at radius 1 is 1.28 bits per heavy atom. The van der Waals surface area contributed by atoms with Crippen LogP contribution in [-0.2, 0) is 0 Å². The number of aromatic amines is 1. The minimum absolute atomic E-state index is 0.734. The highest BCUT2D eigenvalue weighted by Crippen LogP contribution is 2.37. The molecule has 3 aromatic heterocycles. The van der Waals surface area contributed by atoms with Gasteiger partial charge < -0.3 is 10.7 Å². The summed E-state index contributed by atoms with van der Waals surface area (Å²) in [5, 5.41) is 0.806. The fourth-order valence-corrected chi connectivity index (χ4v) is 3.01. The molecular weight excluding hydrogens is 244 g/mol. The summed E-state index contributed by atoms with van der Waals surface area (Å²) in [4.78, 5) is 13.4. The van der Waals surface area contributed by atoms with Crippen LogP contribution in [0.1, 0.15) is 16.0 Å². The van der Waals surface area contributed by atoms with Crippen molar-refractivity contribution in [3.8, 4) is 11.4 Å². The molecule has 92 valence electrons. The molecule has 0 radical (unpaired) electrons. The molecule has 0 fully saturated rings. The summed E-state index contributed by atoms with van der Waals surface area (Å²) in [6.07, 6.45) is 1.82. The maximum Gasteiger partial charge on any atom is 0.178 e. The molecule has 0 bridgehead atoms. The highest BCUT2D eigenvalue weighted by Gasteiger charge is 2.16. The second kappa shape index (κ2) is 3.81. The average Bonchev–Trinajstić information content (AvgIpc) is 2.80. The van der Waals surface area contributed by atoms with E-state index in [9.17, 15) is 0 Å². The summed E-state index contributed by atoms with van der Waals surface area (Å²) in [6, 6.07) is 2.05. The molecule has 4 nitrogen and oxygen atoms in total. The number of rotatable bonds is 1. The Bertz CT molecular complexity index is 739. The van der Waals surface area contributed by atoms with Gasteiger partial charge in [0.1, 0.15) is 5.82 Å². The molecule has 0 saturated heterocycles. The van der Waals surface area contributed by atoms with Gasteiger partial charge >= 0.3 is 0 Å². The van der Waals surface area contributed by atoms with Crippen LogP contribution in [0.4, 0.5) is 5.00 Å². The Morgan fingerprint density at radius 2 is 2.06 bits per heavy atom. The van der Waals surface area contributed by atoms with Crippen molar-refractivity contribution >= 4 is 27.5 Å². The standard InChI is InChI=1S/C13H14N4S/c1-6-4-9-12(15-5-6)17-13(16-9)10-7(2)8(3)18-11(10)14/h4-5H,14H2,1-3H3,(H,15,16,17). The molecule has 3 rings (SSSR count). The summed E-state index contributed by atoms with van der Waals surface area (Å²) in [7, 11) is 0. The maximum atomic E-state index is 6.06. The van der Waals surface area contributed by atoms with E-state index in [1.807, 2.05) is 19.2 Å². The molecule has 0 aliphatic rings. The van der Waals surface area contributed by atoms with E-state index in [0.717, 1.165) is 33.1 Å². The van der Waals surface area contributed by atoms with Crippen molar-refractivity contribution < 1.29 is 0 Å². The van der Waals surface area contributed by atoms with Crippen molar-refractivity contribution in [1.29, 1.82) is 0 Å². The fourth-order valence-electron chi connectivity index (χ4n) is 2.07. The normalized spacial score (nSPS) is 11.3. The minimum Gasteiger partial charge on any atom is -0.390 e. The summed E-state index contributed by atoms with van der Waals surface area (Å²) >= 11 is 1.60. The van der Waals surface area contributed by atoms with Crippen LogP contribution in [0.15, 0.2) is 12.3 Å². The quantitative estimate of drug-likeness (QED) is 0.704. The number of aromatic nitrogens is 3. The summed E-state index contributed by atoms with van der Waals surface area (Å²) in [5.74, 6) is 0.808. The molecule has 0 atom stereocenters. The van der Waals surface area contributed by atoms with Gasteiger partial charge in [-0.25, -0.2) is 9.97 Å². The van der Waals surface area contributed by atoms with Crippen molar-refractivity contribution in [2.45, 2.75) is 20.8 Å². The number of fused-ring (bicyclic) bond motifs is 1. The van der Waals surface area contributed by atoms with Gasteiger partial charge in [0, 0.05) is 11.1 Å². The van der Waals surface area contributed by atoms with E-state index in [0.29, 0.717) is 0 Å². The fraction of sp³-hybridized carbons (Fsp3) is 0.231. The zero-order chi connectivity index (χ0) is 12.9. The number of hydrogen-bond acceptors (Lipinski definition) is 4. The van der Waals surface area contributed by atoms with Gasteiger partial charge in [-0.1, -0.05) is 0 Å². The first-order valence-corrected chi connectivity index (χ1v) is 6.56. The number of thiophene rings is 1. The number of aryl methyl sites for hydroxylation is 2. The number of nitrogens with zero attached hydrogens (tertiary/aromatic N) is 2. The average molecular weight is 258 g/mol. The van der Waals surface area contributed by atoms with E-state index < -0.39 is 0 Å². The summed E-state index contributed by atoms with van der Waals surface area (Å²) in [5.41, 5.74) is 11.1. The molecule has 5 heteroatoms. The first kappa shape index (κ1) is 11.2. The Morgan fingerprint density at radius 3 is 2.72 bits per heavy atom. The molecule has 0 aliphatic carbocycles. The van der Waals surface area contributed by atoms with E-state index in [1.165, 1.54) is 10.4 Å². The van der Waals surface area contributed by atoms with Gasteiger partial charge in [-0.05, 0) is 38.0 Å². The summed E-state index contributed by atoms with van der Waals surface area (Å²) in [6.45, 7) is 6.16. The molecule has 0 spiro atoms. The number of nitrogens with one attached hydrogen (secondary N) is 1. The Labute approximate surface area is 109 Å². The second-order valence-electron chi connectivity index (χ2n) is 4.49. The zero-order valence-electron chi connectivity index (χ0n) is 10.5. The predicted octanol–water partition coefficient (Wildman–Crippen LogP) is 3.19. The van der Waals surface area contributed by atoms with Gasteiger partial charge in [-0.3, -0.25) is 0 Å². The van der Waals surface area contributed by atoms with Crippen LogP contribution < -0.4 is 5.73 Å². The van der Waals surface area contributed by atoms with Crippen LogP contribution in [0.3, 0.4) is 0 Å². The van der Waals surface area contributed by atoms with Gasteiger partial charge in [-0.2, -0.15) is 0 Å². The lowest BCUT2D eigenvalue weighted by atomic mass is 10.1. The second-order valence-corrected chi connectivity index (χ2v) is 5.75. The number of nitrogen functional groups attached to an aromatic ring is 1. The van der Waals surface area contributed by atoms with E-state index in [-0.39, 0.29) is 0 Å². The minimum atomic E-state index is 0.734. The van der Waals surface area contributed by atoms with E-state index in [2.05, 4.69) is 28.8 Å². The number of H-pyrrole nitrogens is 1. The third-order valence-electron chi connectivity index (χ3n) is 3.12. The van der Waals surface area contributed by atoms with Crippen molar-refractivity contribution in [3.05, 3.63) is 28.3 Å².